The average Bonchev–Trinajstić information content (AvgIpc) is 3.16. The Morgan fingerprint density at radius 2 is 2.14 bits per heavy atom. The van der Waals surface area contributed by atoms with Crippen molar-refractivity contribution in [1.29, 1.82) is 0 Å². The van der Waals surface area contributed by atoms with Crippen molar-refractivity contribution in [2.75, 3.05) is 6.54 Å². The molecule has 6 heteroatoms. The molecular weight excluding hydrogens is 288 g/mol. The first kappa shape index (κ1) is 15.8. The first-order valence-corrected chi connectivity index (χ1v) is 8.33. The number of hydrogen-bond donors (Lipinski definition) is 2. The number of aliphatic carboxylic acids is 1. The van der Waals surface area contributed by atoms with E-state index in [0.29, 0.717) is 25.6 Å². The largest absolute Gasteiger partial charge is 0.481 e. The second-order valence-electron chi connectivity index (χ2n) is 5.37. The zero-order valence-corrected chi connectivity index (χ0v) is 12.9. The SMILES string of the molecule is O=C(O)CCCCCNC(=O)N(Cc1cccs1)C1CC1. The first-order chi connectivity index (χ1) is 10.2. The quantitative estimate of drug-likeness (QED) is 0.689. The van der Waals surface area contributed by atoms with Gasteiger partial charge in [0.1, 0.15) is 0 Å². The summed E-state index contributed by atoms with van der Waals surface area (Å²) in [6, 6.07) is 4.45. The maximum absolute atomic E-state index is 12.2. The zero-order chi connectivity index (χ0) is 15.1. The summed E-state index contributed by atoms with van der Waals surface area (Å²) in [4.78, 5) is 25.7. The molecule has 1 aromatic rings. The van der Waals surface area contributed by atoms with Crippen LogP contribution in [0.4, 0.5) is 4.79 Å². The van der Waals surface area contributed by atoms with Gasteiger partial charge in [0.15, 0.2) is 0 Å². The van der Waals surface area contributed by atoms with E-state index in [-0.39, 0.29) is 12.5 Å². The van der Waals surface area contributed by atoms with E-state index < -0.39 is 5.97 Å². The van der Waals surface area contributed by atoms with Gasteiger partial charge in [-0.15, -0.1) is 11.3 Å². The molecule has 1 fully saturated rings. The van der Waals surface area contributed by atoms with Gasteiger partial charge in [0.2, 0.25) is 0 Å². The van der Waals surface area contributed by atoms with Crippen molar-refractivity contribution in [1.82, 2.24) is 10.2 Å². The van der Waals surface area contributed by atoms with E-state index in [1.165, 1.54) is 4.88 Å². The fourth-order valence-electron chi connectivity index (χ4n) is 2.20. The molecule has 1 aromatic heterocycles. The molecule has 0 radical (unpaired) electrons. The lowest BCUT2D eigenvalue weighted by atomic mass is 10.2. The summed E-state index contributed by atoms with van der Waals surface area (Å²) in [5.74, 6) is -0.755. The Kier molecular flexibility index (Phi) is 6.04. The monoisotopic (exact) mass is 310 g/mol. The molecule has 0 aromatic carbocycles. The number of amides is 2. The van der Waals surface area contributed by atoms with Crippen molar-refractivity contribution < 1.29 is 14.7 Å². The van der Waals surface area contributed by atoms with E-state index in [9.17, 15) is 9.59 Å². The predicted molar refractivity (Wildman–Crippen MR) is 82.4 cm³/mol. The van der Waals surface area contributed by atoms with Gasteiger partial charge in [0, 0.05) is 23.9 Å². The Bertz CT molecular complexity index is 457. The number of carbonyl (C=O) groups is 2. The Balaban J connectivity index is 1.66. The number of rotatable bonds is 9. The molecule has 5 nitrogen and oxygen atoms in total. The second kappa shape index (κ2) is 8.02. The highest BCUT2D eigenvalue weighted by Gasteiger charge is 2.32. The number of thiophene rings is 1. The van der Waals surface area contributed by atoms with Crippen molar-refractivity contribution in [3.63, 3.8) is 0 Å². The Labute approximate surface area is 129 Å². The van der Waals surface area contributed by atoms with Crippen LogP contribution in [-0.2, 0) is 11.3 Å². The van der Waals surface area contributed by atoms with Gasteiger partial charge in [0.25, 0.3) is 0 Å². The molecule has 1 saturated carbocycles. The van der Waals surface area contributed by atoms with Crippen LogP contribution >= 0.6 is 11.3 Å². The van der Waals surface area contributed by atoms with Gasteiger partial charge in [-0.05, 0) is 37.1 Å². The number of carbonyl (C=O) groups excluding carboxylic acids is 1. The van der Waals surface area contributed by atoms with Crippen LogP contribution in [0.5, 0.6) is 0 Å². The van der Waals surface area contributed by atoms with Crippen molar-refractivity contribution in [3.05, 3.63) is 22.4 Å². The third kappa shape index (κ3) is 5.75. The Morgan fingerprint density at radius 1 is 1.33 bits per heavy atom. The molecule has 1 aliphatic carbocycles. The van der Waals surface area contributed by atoms with Crippen molar-refractivity contribution in [3.8, 4) is 0 Å². The molecular formula is C15H22N2O3S. The lowest BCUT2D eigenvalue weighted by Crippen LogP contribution is -2.41. The van der Waals surface area contributed by atoms with Crippen LogP contribution in [0.15, 0.2) is 17.5 Å². The number of carboxylic acids is 1. The fraction of sp³-hybridized carbons (Fsp3) is 0.600. The van der Waals surface area contributed by atoms with E-state index in [0.717, 1.165) is 25.7 Å². The number of nitrogens with one attached hydrogen (secondary N) is 1. The van der Waals surface area contributed by atoms with Crippen LogP contribution in [0.1, 0.15) is 43.4 Å². The van der Waals surface area contributed by atoms with Gasteiger partial charge in [-0.25, -0.2) is 4.79 Å². The van der Waals surface area contributed by atoms with Gasteiger partial charge in [-0.3, -0.25) is 4.79 Å². The maximum atomic E-state index is 12.2. The molecule has 0 spiro atoms. The van der Waals surface area contributed by atoms with Crippen LogP contribution in [-0.4, -0.2) is 34.6 Å². The van der Waals surface area contributed by atoms with E-state index >= 15 is 0 Å². The minimum atomic E-state index is -0.755. The van der Waals surface area contributed by atoms with Crippen LogP contribution in [0, 0.1) is 0 Å². The summed E-state index contributed by atoms with van der Waals surface area (Å²) in [5, 5.41) is 13.5. The normalized spacial score (nSPS) is 13.9. The van der Waals surface area contributed by atoms with Gasteiger partial charge in [-0.1, -0.05) is 12.5 Å². The molecule has 116 valence electrons. The molecule has 0 aliphatic heterocycles. The molecule has 1 aliphatic rings. The van der Waals surface area contributed by atoms with E-state index in [2.05, 4.69) is 11.4 Å². The molecule has 0 unspecified atom stereocenters. The van der Waals surface area contributed by atoms with Gasteiger partial charge in [0.05, 0.1) is 6.54 Å². The summed E-state index contributed by atoms with van der Waals surface area (Å²) < 4.78 is 0. The van der Waals surface area contributed by atoms with Crippen molar-refractivity contribution in [2.24, 2.45) is 0 Å². The minimum Gasteiger partial charge on any atom is -0.481 e. The second-order valence-corrected chi connectivity index (χ2v) is 6.41. The third-order valence-corrected chi connectivity index (χ3v) is 4.36. The summed E-state index contributed by atoms with van der Waals surface area (Å²) >= 11 is 1.67. The highest BCUT2D eigenvalue weighted by Crippen LogP contribution is 2.29. The van der Waals surface area contributed by atoms with Gasteiger partial charge >= 0.3 is 12.0 Å². The number of nitrogens with zero attached hydrogens (tertiary/aromatic N) is 1. The molecule has 2 amide bonds. The molecule has 0 saturated heterocycles. The fourth-order valence-corrected chi connectivity index (χ4v) is 2.90. The highest BCUT2D eigenvalue weighted by atomic mass is 32.1. The maximum Gasteiger partial charge on any atom is 0.317 e. The average molecular weight is 310 g/mol. The van der Waals surface area contributed by atoms with Crippen molar-refractivity contribution >= 4 is 23.3 Å². The summed E-state index contributed by atoms with van der Waals surface area (Å²) in [6.45, 7) is 1.30. The lowest BCUT2D eigenvalue weighted by Gasteiger charge is -2.22. The predicted octanol–water partition coefficient (Wildman–Crippen LogP) is 3.07. The topological polar surface area (TPSA) is 69.6 Å². The Morgan fingerprint density at radius 3 is 2.76 bits per heavy atom. The first-order valence-electron chi connectivity index (χ1n) is 7.45. The summed E-state index contributed by atoms with van der Waals surface area (Å²) in [5.41, 5.74) is 0. The van der Waals surface area contributed by atoms with Crippen LogP contribution < -0.4 is 5.32 Å². The summed E-state index contributed by atoms with van der Waals surface area (Å²) in [7, 11) is 0. The molecule has 1 heterocycles. The number of unbranched alkanes of at least 4 members (excludes halogenated alkanes) is 2. The van der Waals surface area contributed by atoms with Crippen LogP contribution in [0.3, 0.4) is 0 Å². The van der Waals surface area contributed by atoms with Crippen LogP contribution in [0.25, 0.3) is 0 Å². The lowest BCUT2D eigenvalue weighted by molar-refractivity contribution is -0.137. The van der Waals surface area contributed by atoms with E-state index in [4.69, 9.17) is 5.11 Å². The van der Waals surface area contributed by atoms with Gasteiger partial charge < -0.3 is 15.3 Å². The minimum absolute atomic E-state index is 0.00383. The van der Waals surface area contributed by atoms with Crippen molar-refractivity contribution in [2.45, 2.75) is 51.1 Å². The number of hydrogen-bond acceptors (Lipinski definition) is 3. The molecule has 0 bridgehead atoms. The molecule has 0 atom stereocenters. The molecule has 21 heavy (non-hydrogen) atoms. The van der Waals surface area contributed by atoms with Crippen LogP contribution in [0.2, 0.25) is 0 Å². The highest BCUT2D eigenvalue weighted by molar-refractivity contribution is 7.09. The number of carboxylic acid groups (broad SMARTS) is 1. The third-order valence-electron chi connectivity index (χ3n) is 3.50. The molecule has 2 rings (SSSR count). The standard InChI is InChI=1S/C15H22N2O3S/c18-14(19)6-2-1-3-9-16-15(20)17(12-7-8-12)11-13-5-4-10-21-13/h4-5,10,12H,1-3,6-9,11H2,(H,16,20)(H,18,19). The smallest absolute Gasteiger partial charge is 0.317 e. The Hall–Kier alpha value is -1.56. The van der Waals surface area contributed by atoms with E-state index in [1.807, 2.05) is 16.3 Å². The number of urea groups is 1. The summed E-state index contributed by atoms with van der Waals surface area (Å²) in [6.07, 6.45) is 4.74. The zero-order valence-electron chi connectivity index (χ0n) is 12.1. The molecule has 2 N–H and O–H groups in total. The van der Waals surface area contributed by atoms with Gasteiger partial charge in [-0.2, -0.15) is 0 Å². The van der Waals surface area contributed by atoms with E-state index in [1.54, 1.807) is 11.3 Å².